The van der Waals surface area contributed by atoms with Crippen molar-refractivity contribution in [2.75, 3.05) is 0 Å². The molecule has 0 unspecified atom stereocenters. The van der Waals surface area contributed by atoms with Crippen LogP contribution in [-0.4, -0.2) is 24.2 Å². The molecule has 0 rings (SSSR count). The van der Waals surface area contributed by atoms with Crippen molar-refractivity contribution in [3.05, 3.63) is 12.7 Å². The van der Waals surface area contributed by atoms with Gasteiger partial charge >= 0.3 is 24.2 Å². The molecule has 0 aliphatic heterocycles. The second-order valence-corrected chi connectivity index (χ2v) is 2.84. The van der Waals surface area contributed by atoms with Crippen LogP contribution in [0.25, 0.3) is 0 Å². The fraction of sp³-hybridized carbons (Fsp3) is 0.750. The van der Waals surface area contributed by atoms with E-state index in [1.165, 1.54) is 0 Å². The summed E-state index contributed by atoms with van der Waals surface area (Å²) in [6.45, 7) is 5.54. The second kappa shape index (κ2) is 5.79. The van der Waals surface area contributed by atoms with Crippen molar-refractivity contribution in [1.82, 2.24) is 0 Å². The SMILES string of the molecule is C=CCC.FC(F)(F)C(F)(F)C(F)(F)C(F)(F)F. The molecular weight excluding hydrogens is 286 g/mol. The molecule has 0 saturated heterocycles. The van der Waals surface area contributed by atoms with Gasteiger partial charge < -0.3 is 0 Å². The molecule has 0 nitrogen and oxygen atoms in total. The first kappa shape index (κ1) is 19.4. The third-order valence-corrected chi connectivity index (χ3v) is 1.40. The Morgan fingerprint density at radius 3 is 0.944 bits per heavy atom. The van der Waals surface area contributed by atoms with Crippen molar-refractivity contribution in [1.29, 1.82) is 0 Å². The van der Waals surface area contributed by atoms with Crippen molar-refractivity contribution >= 4 is 0 Å². The summed E-state index contributed by atoms with van der Waals surface area (Å²) in [7, 11) is 0. The van der Waals surface area contributed by atoms with E-state index < -0.39 is 24.2 Å². The van der Waals surface area contributed by atoms with E-state index in [2.05, 4.69) is 13.5 Å². The van der Waals surface area contributed by atoms with Crippen molar-refractivity contribution in [3.63, 3.8) is 0 Å². The molecular formula is C8H8F10. The number of allylic oxidation sites excluding steroid dienone is 1. The number of rotatable bonds is 2. The van der Waals surface area contributed by atoms with Gasteiger partial charge in [-0.25, -0.2) is 0 Å². The van der Waals surface area contributed by atoms with E-state index in [0.29, 0.717) is 0 Å². The highest BCUT2D eigenvalue weighted by Crippen LogP contribution is 2.53. The fourth-order valence-corrected chi connectivity index (χ4v) is 0.356. The highest BCUT2D eigenvalue weighted by Gasteiger charge is 2.82. The van der Waals surface area contributed by atoms with Gasteiger partial charge in [-0.05, 0) is 6.42 Å². The van der Waals surface area contributed by atoms with Crippen molar-refractivity contribution in [2.45, 2.75) is 37.5 Å². The van der Waals surface area contributed by atoms with Crippen LogP contribution in [0.3, 0.4) is 0 Å². The quantitative estimate of drug-likeness (QED) is 0.498. The highest BCUT2D eigenvalue weighted by molar-refractivity contribution is 4.95. The van der Waals surface area contributed by atoms with Crippen LogP contribution >= 0.6 is 0 Å². The third-order valence-electron chi connectivity index (χ3n) is 1.40. The Morgan fingerprint density at radius 1 is 0.722 bits per heavy atom. The predicted molar refractivity (Wildman–Crippen MR) is 42.5 cm³/mol. The van der Waals surface area contributed by atoms with Crippen LogP contribution in [0, 0.1) is 0 Å². The average molecular weight is 294 g/mol. The van der Waals surface area contributed by atoms with Crippen LogP contribution in [0.4, 0.5) is 43.9 Å². The van der Waals surface area contributed by atoms with Gasteiger partial charge in [-0.1, -0.05) is 13.0 Å². The summed E-state index contributed by atoms with van der Waals surface area (Å²) in [6.07, 6.45) is -11.0. The minimum absolute atomic E-state index is 1.08. The Morgan fingerprint density at radius 2 is 0.889 bits per heavy atom. The normalized spacial score (nSPS) is 13.7. The maximum absolute atomic E-state index is 11.6. The monoisotopic (exact) mass is 294 g/mol. The molecule has 18 heavy (non-hydrogen) atoms. The Labute approximate surface area is 95.3 Å². The lowest BCUT2D eigenvalue weighted by molar-refractivity contribution is -0.419. The molecule has 110 valence electrons. The van der Waals surface area contributed by atoms with Crippen molar-refractivity contribution in [2.24, 2.45) is 0 Å². The lowest BCUT2D eigenvalue weighted by Gasteiger charge is -2.29. The van der Waals surface area contributed by atoms with Crippen LogP contribution in [0.1, 0.15) is 13.3 Å². The van der Waals surface area contributed by atoms with Crippen LogP contribution in [0.2, 0.25) is 0 Å². The zero-order chi connectivity index (χ0) is 15.4. The molecule has 10 heteroatoms. The molecule has 0 spiro atoms. The maximum atomic E-state index is 11.6. The molecule has 0 saturated carbocycles. The second-order valence-electron chi connectivity index (χ2n) is 2.84. The van der Waals surface area contributed by atoms with Gasteiger partial charge in [0, 0.05) is 0 Å². The van der Waals surface area contributed by atoms with Crippen LogP contribution < -0.4 is 0 Å². The van der Waals surface area contributed by atoms with Crippen LogP contribution in [0.5, 0.6) is 0 Å². The first-order valence-electron chi connectivity index (χ1n) is 4.16. The van der Waals surface area contributed by atoms with Gasteiger partial charge in [0.1, 0.15) is 0 Å². The fourth-order valence-electron chi connectivity index (χ4n) is 0.356. The Balaban J connectivity index is 0. The van der Waals surface area contributed by atoms with Gasteiger partial charge in [0.2, 0.25) is 0 Å². The van der Waals surface area contributed by atoms with Gasteiger partial charge in [-0.2, -0.15) is 43.9 Å². The average Bonchev–Trinajstić information content (AvgIpc) is 2.14. The molecule has 0 heterocycles. The van der Waals surface area contributed by atoms with E-state index in [1.54, 1.807) is 0 Å². The third kappa shape index (κ3) is 4.05. The maximum Gasteiger partial charge on any atom is 0.460 e. The first-order valence-corrected chi connectivity index (χ1v) is 4.16. The zero-order valence-corrected chi connectivity index (χ0v) is 8.77. The molecule has 0 aliphatic rings. The molecule has 0 fully saturated rings. The van der Waals surface area contributed by atoms with E-state index in [4.69, 9.17) is 0 Å². The van der Waals surface area contributed by atoms with Gasteiger partial charge in [-0.3, -0.25) is 0 Å². The molecule has 0 aromatic heterocycles. The van der Waals surface area contributed by atoms with Gasteiger partial charge in [0.15, 0.2) is 0 Å². The van der Waals surface area contributed by atoms with Crippen LogP contribution in [0.15, 0.2) is 12.7 Å². The summed E-state index contributed by atoms with van der Waals surface area (Å²) in [5.74, 6) is -14.3. The summed E-state index contributed by atoms with van der Waals surface area (Å²) in [5.41, 5.74) is 0. The molecule has 0 N–H and O–H groups in total. The Bertz CT molecular complexity index is 234. The number of hydrogen-bond donors (Lipinski definition) is 0. The van der Waals surface area contributed by atoms with Gasteiger partial charge in [-0.15, -0.1) is 6.58 Å². The highest BCUT2D eigenvalue weighted by atomic mass is 19.4. The molecule has 0 bridgehead atoms. The van der Waals surface area contributed by atoms with Crippen LogP contribution in [-0.2, 0) is 0 Å². The van der Waals surface area contributed by atoms with E-state index in [0.717, 1.165) is 6.42 Å². The van der Waals surface area contributed by atoms with E-state index >= 15 is 0 Å². The van der Waals surface area contributed by atoms with E-state index in [-0.39, 0.29) is 0 Å². The number of hydrogen-bond acceptors (Lipinski definition) is 0. The van der Waals surface area contributed by atoms with E-state index in [9.17, 15) is 43.9 Å². The smallest absolute Gasteiger partial charge is 0.189 e. The predicted octanol–water partition coefficient (Wildman–Crippen LogP) is 4.96. The van der Waals surface area contributed by atoms with Gasteiger partial charge in [0.25, 0.3) is 0 Å². The summed E-state index contributed by atoms with van der Waals surface area (Å²) in [5, 5.41) is 0. The first-order chi connectivity index (χ1) is 7.66. The lowest BCUT2D eigenvalue weighted by atomic mass is 10.1. The number of halogens is 10. The molecule has 0 aromatic carbocycles. The van der Waals surface area contributed by atoms with Gasteiger partial charge in [0.05, 0.1) is 0 Å². The summed E-state index contributed by atoms with van der Waals surface area (Å²) in [6, 6.07) is 0. The minimum atomic E-state index is -7.14. The lowest BCUT2D eigenvalue weighted by Crippen LogP contribution is -2.59. The summed E-state index contributed by atoms with van der Waals surface area (Å²) in [4.78, 5) is 0. The molecule has 0 aliphatic carbocycles. The Hall–Kier alpha value is -0.960. The standard InChI is InChI=1S/C4F10.C4H8/c5-1(6,3(9,10)11)2(7,8)4(12,13)14;1-3-4-2/h;3H,1,4H2,2H3. The summed E-state index contributed by atoms with van der Waals surface area (Å²) < 4.78 is 113. The Kier molecular flexibility index (Phi) is 6.23. The molecule has 0 aromatic rings. The number of alkyl halides is 10. The van der Waals surface area contributed by atoms with E-state index in [1.807, 2.05) is 6.08 Å². The zero-order valence-electron chi connectivity index (χ0n) is 8.77. The molecule has 0 radical (unpaired) electrons. The minimum Gasteiger partial charge on any atom is -0.189 e. The van der Waals surface area contributed by atoms with Crippen molar-refractivity contribution < 1.29 is 43.9 Å². The molecule has 0 amide bonds. The topological polar surface area (TPSA) is 0 Å². The molecule has 0 atom stereocenters. The summed E-state index contributed by atoms with van der Waals surface area (Å²) >= 11 is 0. The van der Waals surface area contributed by atoms with Crippen molar-refractivity contribution in [3.8, 4) is 0 Å². The largest absolute Gasteiger partial charge is 0.460 e.